The molecule has 1 fully saturated rings. The van der Waals surface area contributed by atoms with Crippen LogP contribution in [0, 0.1) is 0 Å². The van der Waals surface area contributed by atoms with Crippen LogP contribution in [0.25, 0.3) is 0 Å². The van der Waals surface area contributed by atoms with Crippen LogP contribution in [0.1, 0.15) is 36.0 Å². The average Bonchev–Trinajstić information content (AvgIpc) is 2.90. The van der Waals surface area contributed by atoms with E-state index in [1.54, 1.807) is 0 Å². The lowest BCUT2D eigenvalue weighted by atomic mass is 10.0. The van der Waals surface area contributed by atoms with Crippen molar-refractivity contribution in [2.24, 2.45) is 0 Å². The van der Waals surface area contributed by atoms with E-state index in [4.69, 9.17) is 14.2 Å². The number of ether oxygens (including phenoxy) is 3. The lowest BCUT2D eigenvalue weighted by Crippen LogP contribution is -2.40. The van der Waals surface area contributed by atoms with Gasteiger partial charge in [0.25, 0.3) is 0 Å². The van der Waals surface area contributed by atoms with Gasteiger partial charge in [0.15, 0.2) is 6.29 Å². The molecule has 1 aliphatic rings. The first-order valence-corrected chi connectivity index (χ1v) is 12.5. The number of benzene rings is 3. The van der Waals surface area contributed by atoms with E-state index in [0.29, 0.717) is 19.8 Å². The van der Waals surface area contributed by atoms with Gasteiger partial charge in [-0.25, -0.2) is 0 Å². The summed E-state index contributed by atoms with van der Waals surface area (Å²) in [5.41, 5.74) is 3.96. The molecule has 0 aliphatic carbocycles. The monoisotopic (exact) mass is 459 g/mol. The van der Waals surface area contributed by atoms with Crippen molar-refractivity contribution in [1.29, 1.82) is 0 Å². The topological polar surface area (TPSA) is 30.9 Å². The van der Waals surface area contributed by atoms with Crippen LogP contribution < -0.4 is 0 Å². The Hall–Kier alpha value is -2.50. The van der Waals surface area contributed by atoms with Gasteiger partial charge in [-0.15, -0.1) is 0 Å². The van der Waals surface area contributed by atoms with Crippen molar-refractivity contribution < 1.29 is 14.2 Å². The van der Waals surface area contributed by atoms with Gasteiger partial charge in [0.2, 0.25) is 0 Å². The van der Waals surface area contributed by atoms with Gasteiger partial charge in [-0.1, -0.05) is 91.0 Å². The van der Waals surface area contributed by atoms with Crippen LogP contribution >= 0.6 is 0 Å². The maximum absolute atomic E-state index is 6.19. The van der Waals surface area contributed by atoms with Crippen LogP contribution in [-0.4, -0.2) is 43.7 Å². The van der Waals surface area contributed by atoms with Gasteiger partial charge in [0.05, 0.1) is 19.8 Å². The maximum atomic E-state index is 6.19. The highest BCUT2D eigenvalue weighted by molar-refractivity contribution is 5.19. The Labute approximate surface area is 204 Å². The Bertz CT molecular complexity index is 872. The predicted molar refractivity (Wildman–Crippen MR) is 136 cm³/mol. The van der Waals surface area contributed by atoms with E-state index in [1.165, 1.54) is 23.1 Å². The van der Waals surface area contributed by atoms with Crippen molar-refractivity contribution in [1.82, 2.24) is 4.90 Å². The summed E-state index contributed by atoms with van der Waals surface area (Å²) in [5, 5.41) is 0. The highest BCUT2D eigenvalue weighted by Crippen LogP contribution is 2.18. The summed E-state index contributed by atoms with van der Waals surface area (Å²) >= 11 is 0. The quantitative estimate of drug-likeness (QED) is 0.300. The predicted octanol–water partition coefficient (Wildman–Crippen LogP) is 5.86. The standard InChI is InChI=1S/C30H37NO3/c1-4-12-26(13-5-1)22-29(25-32-20-21-34-30-18-10-11-19-33-30)31(23-27-14-6-2-7-15-27)24-28-16-8-3-9-17-28/h1-9,12-17,29-30H,10-11,18-25H2/t29-,30?/m0/s1. The Morgan fingerprint density at radius 2 is 1.32 bits per heavy atom. The molecular formula is C30H37NO3. The molecule has 4 heteroatoms. The van der Waals surface area contributed by atoms with Crippen LogP contribution in [0.4, 0.5) is 0 Å². The molecule has 0 amide bonds. The van der Waals surface area contributed by atoms with Crippen molar-refractivity contribution in [2.45, 2.75) is 51.1 Å². The molecule has 3 aromatic carbocycles. The minimum Gasteiger partial charge on any atom is -0.377 e. The van der Waals surface area contributed by atoms with Crippen LogP contribution in [-0.2, 0) is 33.7 Å². The molecule has 180 valence electrons. The first-order valence-electron chi connectivity index (χ1n) is 12.5. The molecule has 34 heavy (non-hydrogen) atoms. The second-order valence-corrected chi connectivity index (χ2v) is 8.96. The average molecular weight is 460 g/mol. The first kappa shape index (κ1) is 24.6. The summed E-state index contributed by atoms with van der Waals surface area (Å²) in [6.45, 7) is 4.36. The van der Waals surface area contributed by atoms with E-state index < -0.39 is 0 Å². The van der Waals surface area contributed by atoms with E-state index in [2.05, 4.69) is 95.9 Å². The fourth-order valence-corrected chi connectivity index (χ4v) is 4.43. The summed E-state index contributed by atoms with van der Waals surface area (Å²) in [5.74, 6) is 0. The molecule has 4 nitrogen and oxygen atoms in total. The normalized spacial score (nSPS) is 17.0. The van der Waals surface area contributed by atoms with Gasteiger partial charge in [-0.05, 0) is 42.4 Å². The van der Waals surface area contributed by atoms with E-state index in [9.17, 15) is 0 Å². The summed E-state index contributed by atoms with van der Waals surface area (Å²) < 4.78 is 17.7. The minimum atomic E-state index is -0.0647. The number of nitrogens with zero attached hydrogens (tertiary/aromatic N) is 1. The molecule has 0 N–H and O–H groups in total. The third-order valence-electron chi connectivity index (χ3n) is 6.27. The summed E-state index contributed by atoms with van der Waals surface area (Å²) in [7, 11) is 0. The molecule has 4 rings (SSSR count). The van der Waals surface area contributed by atoms with Crippen LogP contribution in [0.5, 0.6) is 0 Å². The zero-order valence-electron chi connectivity index (χ0n) is 20.1. The molecule has 1 aliphatic heterocycles. The number of hydrogen-bond acceptors (Lipinski definition) is 4. The third kappa shape index (κ3) is 8.37. The fraction of sp³-hybridized carbons (Fsp3) is 0.400. The lowest BCUT2D eigenvalue weighted by molar-refractivity contribution is -0.169. The van der Waals surface area contributed by atoms with E-state index in [0.717, 1.165) is 39.0 Å². The highest BCUT2D eigenvalue weighted by Gasteiger charge is 2.21. The van der Waals surface area contributed by atoms with Gasteiger partial charge in [-0.3, -0.25) is 4.90 Å². The van der Waals surface area contributed by atoms with Crippen LogP contribution in [0.2, 0.25) is 0 Å². The van der Waals surface area contributed by atoms with E-state index >= 15 is 0 Å². The molecule has 2 atom stereocenters. The zero-order valence-corrected chi connectivity index (χ0v) is 20.1. The molecule has 0 bridgehead atoms. The highest BCUT2D eigenvalue weighted by atomic mass is 16.7. The minimum absolute atomic E-state index is 0.0647. The zero-order chi connectivity index (χ0) is 23.3. The van der Waals surface area contributed by atoms with E-state index in [1.807, 2.05) is 0 Å². The molecular weight excluding hydrogens is 422 g/mol. The van der Waals surface area contributed by atoms with E-state index in [-0.39, 0.29) is 12.3 Å². The molecule has 1 unspecified atom stereocenters. The van der Waals surface area contributed by atoms with Gasteiger partial charge in [0.1, 0.15) is 0 Å². The lowest BCUT2D eigenvalue weighted by Gasteiger charge is -2.32. The SMILES string of the molecule is c1ccc(C[C@@H](COCCOC2CCCCO2)N(Cc2ccccc2)Cc2ccccc2)cc1. The fourth-order valence-electron chi connectivity index (χ4n) is 4.43. The van der Waals surface area contributed by atoms with Crippen molar-refractivity contribution in [2.75, 3.05) is 26.4 Å². The maximum Gasteiger partial charge on any atom is 0.157 e. The van der Waals surface area contributed by atoms with Crippen molar-refractivity contribution in [3.05, 3.63) is 108 Å². The largest absolute Gasteiger partial charge is 0.377 e. The molecule has 0 spiro atoms. The molecule has 3 aromatic rings. The second kappa shape index (κ2) is 14.0. The molecule has 0 saturated carbocycles. The Kier molecular flexibility index (Phi) is 10.2. The summed E-state index contributed by atoms with van der Waals surface area (Å²) in [6, 6.07) is 32.4. The smallest absolute Gasteiger partial charge is 0.157 e. The van der Waals surface area contributed by atoms with Gasteiger partial charge in [0, 0.05) is 25.7 Å². The van der Waals surface area contributed by atoms with Crippen molar-refractivity contribution in [3.63, 3.8) is 0 Å². The molecule has 0 aromatic heterocycles. The third-order valence-corrected chi connectivity index (χ3v) is 6.27. The second-order valence-electron chi connectivity index (χ2n) is 8.96. The molecule has 1 heterocycles. The van der Waals surface area contributed by atoms with Crippen molar-refractivity contribution in [3.8, 4) is 0 Å². The summed E-state index contributed by atoms with van der Waals surface area (Å²) in [6.07, 6.45) is 4.17. The molecule has 1 saturated heterocycles. The van der Waals surface area contributed by atoms with Gasteiger partial charge >= 0.3 is 0 Å². The van der Waals surface area contributed by atoms with Crippen LogP contribution in [0.15, 0.2) is 91.0 Å². The Morgan fingerprint density at radius 3 is 1.88 bits per heavy atom. The number of rotatable bonds is 13. The number of hydrogen-bond donors (Lipinski definition) is 0. The van der Waals surface area contributed by atoms with Crippen LogP contribution in [0.3, 0.4) is 0 Å². The first-order chi connectivity index (χ1) is 16.9. The van der Waals surface area contributed by atoms with Gasteiger partial charge in [-0.2, -0.15) is 0 Å². The Morgan fingerprint density at radius 1 is 0.735 bits per heavy atom. The van der Waals surface area contributed by atoms with Gasteiger partial charge < -0.3 is 14.2 Å². The molecule has 0 radical (unpaired) electrons. The summed E-state index contributed by atoms with van der Waals surface area (Å²) in [4.78, 5) is 2.54. The van der Waals surface area contributed by atoms with Crippen molar-refractivity contribution >= 4 is 0 Å². The Balaban J connectivity index is 1.42.